The van der Waals surface area contributed by atoms with Crippen LogP contribution in [0.3, 0.4) is 0 Å². The van der Waals surface area contributed by atoms with Crippen LogP contribution in [0.5, 0.6) is 0 Å². The molecule has 0 spiro atoms. The van der Waals surface area contributed by atoms with Crippen LogP contribution in [0.2, 0.25) is 0 Å². The minimum Gasteiger partial charge on any atom is -0.271 e. The lowest BCUT2D eigenvalue weighted by Crippen LogP contribution is -1.96. The molecule has 14 heavy (non-hydrogen) atoms. The Balaban J connectivity index is 2.21. The van der Waals surface area contributed by atoms with Crippen LogP contribution in [-0.2, 0) is 6.54 Å². The van der Waals surface area contributed by atoms with Gasteiger partial charge in [0, 0.05) is 18.0 Å². The van der Waals surface area contributed by atoms with Crippen LogP contribution in [0, 0.1) is 11.8 Å². The molecule has 0 saturated heterocycles. The van der Waals surface area contributed by atoms with Gasteiger partial charge in [-0.3, -0.25) is 4.68 Å². The molecule has 0 radical (unpaired) electrons. The third-order valence-electron chi connectivity index (χ3n) is 2.10. The normalized spacial score (nSPS) is 9.79. The van der Waals surface area contributed by atoms with Gasteiger partial charge in [-0.15, -0.1) is 11.8 Å². The zero-order valence-electron chi connectivity index (χ0n) is 8.20. The number of fused-ring (bicyclic) bond motifs is 1. The molecule has 0 bridgehead atoms. The van der Waals surface area contributed by atoms with Crippen molar-refractivity contribution in [1.82, 2.24) is 9.78 Å². The first-order valence-electron chi connectivity index (χ1n) is 4.72. The van der Waals surface area contributed by atoms with Crippen LogP contribution in [0.15, 0.2) is 30.5 Å². The molecule has 70 valence electrons. The Morgan fingerprint density at radius 2 is 2.21 bits per heavy atom. The van der Waals surface area contributed by atoms with Crippen molar-refractivity contribution in [3.63, 3.8) is 0 Å². The Morgan fingerprint density at radius 3 is 3.00 bits per heavy atom. The van der Waals surface area contributed by atoms with E-state index < -0.39 is 0 Å². The van der Waals surface area contributed by atoms with E-state index in [0.717, 1.165) is 18.5 Å². The Kier molecular flexibility index (Phi) is 2.51. The Labute approximate surface area is 83.5 Å². The molecular weight excluding hydrogens is 172 g/mol. The van der Waals surface area contributed by atoms with Gasteiger partial charge in [-0.25, -0.2) is 0 Å². The van der Waals surface area contributed by atoms with Gasteiger partial charge < -0.3 is 0 Å². The maximum Gasteiger partial charge on any atom is 0.0923 e. The van der Waals surface area contributed by atoms with Gasteiger partial charge in [0.25, 0.3) is 0 Å². The summed E-state index contributed by atoms with van der Waals surface area (Å²) >= 11 is 0. The molecule has 1 aromatic heterocycles. The summed E-state index contributed by atoms with van der Waals surface area (Å²) in [6.07, 6.45) is 2.93. The second-order valence-electron chi connectivity index (χ2n) is 3.13. The highest BCUT2D eigenvalue weighted by molar-refractivity contribution is 5.77. The first-order valence-corrected chi connectivity index (χ1v) is 4.72. The topological polar surface area (TPSA) is 17.8 Å². The monoisotopic (exact) mass is 184 g/mol. The quantitative estimate of drug-likeness (QED) is 0.655. The van der Waals surface area contributed by atoms with Crippen LogP contribution < -0.4 is 0 Å². The fourth-order valence-corrected chi connectivity index (χ4v) is 1.43. The van der Waals surface area contributed by atoms with Gasteiger partial charge in [-0.2, -0.15) is 5.10 Å². The van der Waals surface area contributed by atoms with E-state index >= 15 is 0 Å². The molecule has 0 fully saturated rings. The lowest BCUT2D eigenvalue weighted by molar-refractivity contribution is 0.637. The predicted octanol–water partition coefficient (Wildman–Crippen LogP) is 2.45. The molecule has 0 aliphatic heterocycles. The molecule has 0 amide bonds. The molecule has 2 aromatic rings. The van der Waals surface area contributed by atoms with Crippen LogP contribution >= 0.6 is 0 Å². The summed E-state index contributed by atoms with van der Waals surface area (Å²) in [5, 5.41) is 5.63. The van der Waals surface area contributed by atoms with Crippen LogP contribution in [0.25, 0.3) is 10.9 Å². The summed E-state index contributed by atoms with van der Waals surface area (Å²) in [7, 11) is 0. The molecule has 0 saturated carbocycles. The molecular formula is C12H12N2. The molecule has 2 rings (SSSR count). The molecule has 1 aromatic carbocycles. The number of rotatable bonds is 2. The zero-order chi connectivity index (χ0) is 9.80. The Bertz CT molecular complexity index is 452. The number of aryl methyl sites for hydroxylation is 1. The van der Waals surface area contributed by atoms with Gasteiger partial charge in [0.1, 0.15) is 0 Å². The van der Waals surface area contributed by atoms with Gasteiger partial charge in [0.15, 0.2) is 0 Å². The van der Waals surface area contributed by atoms with E-state index in [2.05, 4.69) is 29.2 Å². The number of benzene rings is 1. The van der Waals surface area contributed by atoms with E-state index in [1.54, 1.807) is 0 Å². The smallest absolute Gasteiger partial charge is 0.0923 e. The fourth-order valence-electron chi connectivity index (χ4n) is 1.43. The maximum absolute atomic E-state index is 4.43. The third-order valence-corrected chi connectivity index (χ3v) is 2.10. The lowest BCUT2D eigenvalue weighted by Gasteiger charge is -1.93. The SMILES string of the molecule is CC#CCCn1cc2ccccc2n1. The van der Waals surface area contributed by atoms with Crippen molar-refractivity contribution in [2.75, 3.05) is 0 Å². The highest BCUT2D eigenvalue weighted by Gasteiger charge is 1.97. The number of nitrogens with zero attached hydrogens (tertiary/aromatic N) is 2. The average Bonchev–Trinajstić information content (AvgIpc) is 2.60. The van der Waals surface area contributed by atoms with Gasteiger partial charge in [-0.05, 0) is 13.0 Å². The van der Waals surface area contributed by atoms with E-state index in [9.17, 15) is 0 Å². The van der Waals surface area contributed by atoms with Crippen molar-refractivity contribution in [1.29, 1.82) is 0 Å². The van der Waals surface area contributed by atoms with Gasteiger partial charge in [-0.1, -0.05) is 18.2 Å². The van der Waals surface area contributed by atoms with E-state index in [1.165, 1.54) is 5.39 Å². The molecule has 2 nitrogen and oxygen atoms in total. The second kappa shape index (κ2) is 3.97. The van der Waals surface area contributed by atoms with Gasteiger partial charge >= 0.3 is 0 Å². The summed E-state index contributed by atoms with van der Waals surface area (Å²) in [5.41, 5.74) is 1.05. The summed E-state index contributed by atoms with van der Waals surface area (Å²) in [5.74, 6) is 5.91. The fraction of sp³-hybridized carbons (Fsp3) is 0.250. The van der Waals surface area contributed by atoms with Crippen LogP contribution in [0.4, 0.5) is 0 Å². The average molecular weight is 184 g/mol. The van der Waals surface area contributed by atoms with Gasteiger partial charge in [0.2, 0.25) is 0 Å². The molecule has 0 atom stereocenters. The number of hydrogen-bond acceptors (Lipinski definition) is 1. The van der Waals surface area contributed by atoms with Crippen molar-refractivity contribution in [2.24, 2.45) is 0 Å². The molecule has 0 aliphatic rings. The Morgan fingerprint density at radius 1 is 1.36 bits per heavy atom. The van der Waals surface area contributed by atoms with Crippen LogP contribution in [0.1, 0.15) is 13.3 Å². The Hall–Kier alpha value is -1.75. The number of hydrogen-bond donors (Lipinski definition) is 0. The molecule has 0 unspecified atom stereocenters. The van der Waals surface area contributed by atoms with Crippen molar-refractivity contribution in [3.05, 3.63) is 30.5 Å². The van der Waals surface area contributed by atoms with Crippen molar-refractivity contribution in [3.8, 4) is 11.8 Å². The minimum atomic E-state index is 0.866. The minimum absolute atomic E-state index is 0.866. The van der Waals surface area contributed by atoms with Crippen LogP contribution in [-0.4, -0.2) is 9.78 Å². The van der Waals surface area contributed by atoms with E-state index in [-0.39, 0.29) is 0 Å². The molecule has 2 heteroatoms. The van der Waals surface area contributed by atoms with E-state index in [0.29, 0.717) is 0 Å². The van der Waals surface area contributed by atoms with Crippen molar-refractivity contribution < 1.29 is 0 Å². The standard InChI is InChI=1S/C12H12N2/c1-2-3-6-9-14-10-11-7-4-5-8-12(11)13-14/h4-5,7-8,10H,6,9H2,1H3. The first-order chi connectivity index (χ1) is 6.90. The molecule has 0 N–H and O–H groups in total. The van der Waals surface area contributed by atoms with Crippen molar-refractivity contribution >= 4 is 10.9 Å². The largest absolute Gasteiger partial charge is 0.271 e. The molecule has 0 aliphatic carbocycles. The van der Waals surface area contributed by atoms with Gasteiger partial charge in [0.05, 0.1) is 12.1 Å². The van der Waals surface area contributed by atoms with E-state index in [4.69, 9.17) is 0 Å². The summed E-state index contributed by atoms with van der Waals surface area (Å²) < 4.78 is 1.95. The highest BCUT2D eigenvalue weighted by Crippen LogP contribution is 2.10. The lowest BCUT2D eigenvalue weighted by atomic mass is 10.3. The highest BCUT2D eigenvalue weighted by atomic mass is 15.3. The number of aromatic nitrogens is 2. The summed E-state index contributed by atoms with van der Waals surface area (Å²) in [4.78, 5) is 0. The first kappa shape index (κ1) is 8.83. The second-order valence-corrected chi connectivity index (χ2v) is 3.13. The van der Waals surface area contributed by atoms with E-state index in [1.807, 2.05) is 29.8 Å². The summed E-state index contributed by atoms with van der Waals surface area (Å²) in [6, 6.07) is 8.13. The maximum atomic E-state index is 4.43. The zero-order valence-corrected chi connectivity index (χ0v) is 8.20. The predicted molar refractivity (Wildman–Crippen MR) is 57.8 cm³/mol. The van der Waals surface area contributed by atoms with Crippen molar-refractivity contribution in [2.45, 2.75) is 19.9 Å². The summed E-state index contributed by atoms with van der Waals surface area (Å²) in [6.45, 7) is 2.73. The molecule has 1 heterocycles. The third kappa shape index (κ3) is 1.77.